The molecule has 0 bridgehead atoms. The summed E-state index contributed by atoms with van der Waals surface area (Å²) >= 11 is 0. The highest BCUT2D eigenvalue weighted by Crippen LogP contribution is 2.30. The molecule has 0 saturated carbocycles. The first-order valence-electron chi connectivity index (χ1n) is 10.5. The number of rotatable bonds is 7. The van der Waals surface area contributed by atoms with Crippen molar-refractivity contribution in [1.82, 2.24) is 9.80 Å². The minimum absolute atomic E-state index is 0.104. The van der Waals surface area contributed by atoms with Gasteiger partial charge in [-0.2, -0.15) is 0 Å². The molecular weight excluding hydrogens is 344 g/mol. The van der Waals surface area contributed by atoms with Crippen LogP contribution in [0.15, 0.2) is 0 Å². The maximum Gasteiger partial charge on any atom is 0.409 e. The van der Waals surface area contributed by atoms with Crippen LogP contribution in [0.5, 0.6) is 0 Å². The number of nitrogens with zero attached hydrogens (tertiary/aromatic N) is 2. The molecule has 6 heteroatoms. The number of likely N-dealkylation sites (tertiary alicyclic amines) is 2. The maximum absolute atomic E-state index is 12.2. The van der Waals surface area contributed by atoms with Gasteiger partial charge in [0.2, 0.25) is 0 Å². The molecule has 0 aromatic heterocycles. The van der Waals surface area contributed by atoms with Gasteiger partial charge in [0, 0.05) is 27.2 Å². The number of carbonyl (C=O) groups is 1. The Balaban J connectivity index is 1.62. The van der Waals surface area contributed by atoms with Crippen molar-refractivity contribution in [3.8, 4) is 0 Å². The molecule has 0 radical (unpaired) electrons. The zero-order valence-electron chi connectivity index (χ0n) is 17.4. The summed E-state index contributed by atoms with van der Waals surface area (Å²) in [6.07, 6.45) is 5.95. The minimum atomic E-state index is -1.14. The maximum atomic E-state index is 12.2. The largest absolute Gasteiger partial charge is 0.450 e. The molecule has 0 spiro atoms. The van der Waals surface area contributed by atoms with E-state index in [1.54, 1.807) is 0 Å². The fourth-order valence-electron chi connectivity index (χ4n) is 4.10. The van der Waals surface area contributed by atoms with Crippen molar-refractivity contribution in [3.63, 3.8) is 0 Å². The molecule has 5 nitrogen and oxygen atoms in total. The van der Waals surface area contributed by atoms with Gasteiger partial charge in [-0.05, 0) is 70.0 Å². The molecule has 152 valence electrons. The van der Waals surface area contributed by atoms with Crippen LogP contribution in [0, 0.1) is 11.8 Å². The minimum Gasteiger partial charge on any atom is -0.450 e. The van der Waals surface area contributed by atoms with Crippen LogP contribution >= 0.6 is 0 Å². The zero-order valence-corrected chi connectivity index (χ0v) is 18.4. The van der Waals surface area contributed by atoms with E-state index >= 15 is 0 Å². The highest BCUT2D eigenvalue weighted by atomic mass is 28.3. The number of piperidine rings is 2. The number of hydrogen-bond acceptors (Lipinski definition) is 4. The molecule has 2 fully saturated rings. The smallest absolute Gasteiger partial charge is 0.409 e. The molecule has 2 heterocycles. The summed E-state index contributed by atoms with van der Waals surface area (Å²) in [7, 11) is -1.14. The summed E-state index contributed by atoms with van der Waals surface area (Å²) < 4.78 is 5.48. The van der Waals surface area contributed by atoms with Crippen molar-refractivity contribution in [2.75, 3.05) is 39.4 Å². The fraction of sp³-hybridized carbons (Fsp3) is 0.950. The second-order valence-corrected chi connectivity index (χ2v) is 15.2. The highest BCUT2D eigenvalue weighted by molar-refractivity contribution is 6.76. The van der Waals surface area contributed by atoms with E-state index in [4.69, 9.17) is 4.74 Å². The summed E-state index contributed by atoms with van der Waals surface area (Å²) in [6, 6.07) is 1.34. The Morgan fingerprint density at radius 1 is 1.08 bits per heavy atom. The number of aliphatic hydroxyl groups is 1. The lowest BCUT2D eigenvalue weighted by Gasteiger charge is -2.38. The van der Waals surface area contributed by atoms with Crippen molar-refractivity contribution in [2.45, 2.75) is 70.8 Å². The Morgan fingerprint density at radius 2 is 1.62 bits per heavy atom. The zero-order chi connectivity index (χ0) is 19.2. The number of aliphatic hydroxyl groups excluding tert-OH is 1. The topological polar surface area (TPSA) is 53.0 Å². The molecule has 1 N–H and O–H groups in total. The second kappa shape index (κ2) is 10.1. The van der Waals surface area contributed by atoms with Gasteiger partial charge in [0.15, 0.2) is 0 Å². The molecule has 0 aliphatic carbocycles. The quantitative estimate of drug-likeness (QED) is 0.681. The first-order valence-corrected chi connectivity index (χ1v) is 14.3. The van der Waals surface area contributed by atoms with E-state index in [1.807, 2.05) is 4.90 Å². The molecular formula is C20H40N2O3Si. The standard InChI is InChI=1S/C20H40N2O3Si/c1-17(16-23)21-9-5-18(6-10-21)15-19-7-11-22(12-8-19)20(24)25-13-14-26(2,3)4/h17-19,23H,5-16H2,1-4H3/t17-/m0/s1. The molecule has 0 aromatic carbocycles. The SMILES string of the molecule is C[C@@H](CO)N1CCC(CC2CCN(C(=O)OCC[Si](C)(C)C)CC2)CC1. The van der Waals surface area contributed by atoms with Crippen LogP contribution in [-0.2, 0) is 4.74 Å². The Hall–Kier alpha value is -0.593. The van der Waals surface area contributed by atoms with Gasteiger partial charge in [-0.15, -0.1) is 0 Å². The third-order valence-corrected chi connectivity index (χ3v) is 7.86. The van der Waals surface area contributed by atoms with Crippen LogP contribution in [0.1, 0.15) is 39.0 Å². The lowest BCUT2D eigenvalue weighted by atomic mass is 9.82. The van der Waals surface area contributed by atoms with Crippen LogP contribution in [0.4, 0.5) is 4.79 Å². The monoisotopic (exact) mass is 384 g/mol. The summed E-state index contributed by atoms with van der Waals surface area (Å²) in [5.41, 5.74) is 0. The van der Waals surface area contributed by atoms with E-state index in [0.29, 0.717) is 12.6 Å². The molecule has 1 amide bonds. The molecule has 0 aromatic rings. The first kappa shape index (κ1) is 21.7. The third kappa shape index (κ3) is 7.20. The number of ether oxygens (including phenoxy) is 1. The highest BCUT2D eigenvalue weighted by Gasteiger charge is 2.28. The summed E-state index contributed by atoms with van der Waals surface area (Å²) in [5, 5.41) is 9.30. The third-order valence-electron chi connectivity index (χ3n) is 6.15. The van der Waals surface area contributed by atoms with E-state index in [-0.39, 0.29) is 12.7 Å². The fourth-order valence-corrected chi connectivity index (χ4v) is 4.82. The molecule has 2 rings (SSSR count). The van der Waals surface area contributed by atoms with Crippen LogP contribution in [0.2, 0.25) is 25.7 Å². The van der Waals surface area contributed by atoms with Gasteiger partial charge in [-0.3, -0.25) is 4.90 Å². The van der Waals surface area contributed by atoms with Gasteiger partial charge in [-0.1, -0.05) is 19.6 Å². The molecule has 2 aliphatic heterocycles. The molecule has 1 atom stereocenters. The number of carbonyl (C=O) groups excluding carboxylic acids is 1. The summed E-state index contributed by atoms with van der Waals surface area (Å²) in [5.74, 6) is 1.57. The second-order valence-electron chi connectivity index (χ2n) is 9.60. The van der Waals surface area contributed by atoms with E-state index in [2.05, 4.69) is 31.5 Å². The Bertz CT molecular complexity index is 425. The van der Waals surface area contributed by atoms with Gasteiger partial charge in [0.05, 0.1) is 13.2 Å². The number of hydrogen-bond donors (Lipinski definition) is 1. The molecule has 26 heavy (non-hydrogen) atoms. The normalized spacial score (nSPS) is 22.4. The summed E-state index contributed by atoms with van der Waals surface area (Å²) in [6.45, 7) is 13.8. The van der Waals surface area contributed by atoms with E-state index in [9.17, 15) is 9.90 Å². The average Bonchev–Trinajstić information content (AvgIpc) is 2.61. The van der Waals surface area contributed by atoms with Gasteiger partial charge in [-0.25, -0.2) is 4.79 Å². The van der Waals surface area contributed by atoms with Gasteiger partial charge in [0.25, 0.3) is 0 Å². The predicted molar refractivity (Wildman–Crippen MR) is 109 cm³/mol. The van der Waals surface area contributed by atoms with Crippen molar-refractivity contribution in [3.05, 3.63) is 0 Å². The average molecular weight is 385 g/mol. The van der Waals surface area contributed by atoms with E-state index in [1.165, 1.54) is 19.3 Å². The molecule has 0 unspecified atom stereocenters. The van der Waals surface area contributed by atoms with Crippen LogP contribution < -0.4 is 0 Å². The number of amides is 1. The van der Waals surface area contributed by atoms with Crippen molar-refractivity contribution < 1.29 is 14.6 Å². The van der Waals surface area contributed by atoms with Gasteiger partial charge < -0.3 is 14.7 Å². The van der Waals surface area contributed by atoms with Gasteiger partial charge in [0.1, 0.15) is 0 Å². The summed E-state index contributed by atoms with van der Waals surface area (Å²) in [4.78, 5) is 16.5. The Kier molecular flexibility index (Phi) is 8.42. The first-order chi connectivity index (χ1) is 12.3. The van der Waals surface area contributed by atoms with Crippen LogP contribution in [0.25, 0.3) is 0 Å². The van der Waals surface area contributed by atoms with Crippen molar-refractivity contribution >= 4 is 14.2 Å². The van der Waals surface area contributed by atoms with Crippen molar-refractivity contribution in [2.24, 2.45) is 11.8 Å². The van der Waals surface area contributed by atoms with Crippen LogP contribution in [0.3, 0.4) is 0 Å². The molecule has 2 aliphatic rings. The predicted octanol–water partition coefficient (Wildman–Crippen LogP) is 3.66. The van der Waals surface area contributed by atoms with E-state index in [0.717, 1.165) is 56.9 Å². The lowest BCUT2D eigenvalue weighted by molar-refractivity contribution is 0.0749. The van der Waals surface area contributed by atoms with Gasteiger partial charge >= 0.3 is 6.09 Å². The lowest BCUT2D eigenvalue weighted by Crippen LogP contribution is -2.43. The molecule has 2 saturated heterocycles. The van der Waals surface area contributed by atoms with Crippen LogP contribution in [-0.4, -0.2) is 74.5 Å². The van der Waals surface area contributed by atoms with E-state index < -0.39 is 8.07 Å². The Labute approximate surface area is 161 Å². The van der Waals surface area contributed by atoms with Crippen molar-refractivity contribution in [1.29, 1.82) is 0 Å². The Morgan fingerprint density at radius 3 is 2.12 bits per heavy atom.